The molecule has 2 N–H and O–H groups in total. The van der Waals surface area contributed by atoms with Crippen LogP contribution < -0.4 is 0 Å². The minimum absolute atomic E-state index is 0.00546. The van der Waals surface area contributed by atoms with Gasteiger partial charge in [-0.05, 0) is 6.92 Å². The van der Waals surface area contributed by atoms with E-state index in [0.717, 1.165) is 39.3 Å². The molecule has 1 aliphatic carbocycles. The van der Waals surface area contributed by atoms with E-state index in [4.69, 9.17) is 14.8 Å². The van der Waals surface area contributed by atoms with Crippen LogP contribution in [-0.4, -0.2) is 103 Å². The maximum Gasteiger partial charge on any atom is 0.633 e. The molecule has 0 aromatic carbocycles. The Kier molecular flexibility index (Phi) is 5.97. The van der Waals surface area contributed by atoms with Gasteiger partial charge in [-0.15, -0.1) is 0 Å². The summed E-state index contributed by atoms with van der Waals surface area (Å²) in [7, 11) is -1.68. The molecule has 0 aromatic heterocycles. The Morgan fingerprint density at radius 3 is 2.04 bits per heavy atom. The average molecular weight is 365 g/mol. The van der Waals surface area contributed by atoms with Crippen LogP contribution in [0.4, 0.5) is 0 Å². The molecule has 3 saturated heterocycles. The lowest BCUT2D eigenvalue weighted by atomic mass is 10.0. The van der Waals surface area contributed by atoms with E-state index in [1.54, 1.807) is 0 Å². The van der Waals surface area contributed by atoms with Crippen LogP contribution in [0.15, 0.2) is 23.2 Å². The van der Waals surface area contributed by atoms with Gasteiger partial charge in [0.2, 0.25) is 11.6 Å². The van der Waals surface area contributed by atoms with Crippen LogP contribution in [0.2, 0.25) is 0 Å². The molecule has 0 aromatic rings. The van der Waals surface area contributed by atoms with E-state index in [0.29, 0.717) is 30.3 Å². The molecular weight excluding hydrogens is 341 g/mol. The Morgan fingerprint density at radius 2 is 1.54 bits per heavy atom. The highest BCUT2D eigenvalue weighted by Gasteiger charge is 2.43. The SMILES string of the molecule is CCOCCOB(O)O.O=C1C=C(N2CC2)C(=O)C(N2CC2)=C1N1CC1. The minimum atomic E-state index is -1.68. The zero-order valence-electron chi connectivity index (χ0n) is 14.9. The van der Waals surface area contributed by atoms with Crippen LogP contribution in [0.1, 0.15) is 6.92 Å². The van der Waals surface area contributed by atoms with Crippen molar-refractivity contribution in [2.75, 3.05) is 59.1 Å². The number of rotatable bonds is 8. The molecule has 0 saturated carbocycles. The first-order valence-electron chi connectivity index (χ1n) is 8.88. The maximum atomic E-state index is 12.4. The summed E-state index contributed by atoms with van der Waals surface area (Å²) >= 11 is 0. The second-order valence-corrected chi connectivity index (χ2v) is 6.28. The quantitative estimate of drug-likeness (QED) is 0.223. The average Bonchev–Trinajstić information content (AvgIpc) is 3.47. The van der Waals surface area contributed by atoms with Gasteiger partial charge in [-0.3, -0.25) is 9.59 Å². The normalized spacial score (nSPS) is 20.7. The van der Waals surface area contributed by atoms with Crippen molar-refractivity contribution in [1.82, 2.24) is 14.7 Å². The summed E-state index contributed by atoms with van der Waals surface area (Å²) in [5, 5.41) is 16.3. The third-order valence-electron chi connectivity index (χ3n) is 4.19. The fraction of sp³-hybridized carbons (Fsp3) is 0.625. The molecule has 0 bridgehead atoms. The van der Waals surface area contributed by atoms with Crippen LogP contribution in [0.3, 0.4) is 0 Å². The third-order valence-corrected chi connectivity index (χ3v) is 4.19. The molecule has 9 nitrogen and oxygen atoms in total. The second-order valence-electron chi connectivity index (χ2n) is 6.28. The smallest absolute Gasteiger partial charge is 0.402 e. The van der Waals surface area contributed by atoms with Gasteiger partial charge in [0.1, 0.15) is 11.4 Å². The number of ketones is 2. The van der Waals surface area contributed by atoms with Gasteiger partial charge in [0.15, 0.2) is 0 Å². The highest BCUT2D eigenvalue weighted by atomic mass is 16.6. The molecular formula is C16H24BN3O6. The van der Waals surface area contributed by atoms with E-state index in [1.807, 2.05) is 21.6 Å². The number of Topliss-reactive ketones (excluding diaryl/α,β-unsaturated/α-hetero) is 1. The summed E-state index contributed by atoms with van der Waals surface area (Å²) in [6.45, 7) is 8.49. The van der Waals surface area contributed by atoms with Crippen LogP contribution in [-0.2, 0) is 19.0 Å². The van der Waals surface area contributed by atoms with Gasteiger partial charge in [0, 0.05) is 52.0 Å². The molecule has 4 aliphatic rings. The van der Waals surface area contributed by atoms with E-state index >= 15 is 0 Å². The molecule has 0 atom stereocenters. The number of hydrogen-bond donors (Lipinski definition) is 2. The highest BCUT2D eigenvalue weighted by Crippen LogP contribution is 2.33. The predicted molar refractivity (Wildman–Crippen MR) is 92.5 cm³/mol. The number of allylic oxidation sites excluding steroid dienone is 1. The van der Waals surface area contributed by atoms with E-state index in [1.165, 1.54) is 6.08 Å². The molecule has 3 fully saturated rings. The van der Waals surface area contributed by atoms with Gasteiger partial charge in [-0.1, -0.05) is 0 Å². The summed E-state index contributed by atoms with van der Waals surface area (Å²) in [5.41, 5.74) is 1.89. The zero-order valence-corrected chi connectivity index (χ0v) is 14.9. The lowest BCUT2D eigenvalue weighted by Crippen LogP contribution is -2.29. The van der Waals surface area contributed by atoms with Crippen molar-refractivity contribution in [2.24, 2.45) is 0 Å². The zero-order chi connectivity index (χ0) is 18.7. The summed E-state index contributed by atoms with van der Waals surface area (Å²) in [6.07, 6.45) is 1.52. The van der Waals surface area contributed by atoms with Gasteiger partial charge in [-0.25, -0.2) is 0 Å². The van der Waals surface area contributed by atoms with Crippen molar-refractivity contribution in [1.29, 1.82) is 0 Å². The summed E-state index contributed by atoms with van der Waals surface area (Å²) < 4.78 is 9.17. The first-order valence-corrected chi connectivity index (χ1v) is 8.88. The largest absolute Gasteiger partial charge is 0.633 e. The van der Waals surface area contributed by atoms with Gasteiger partial charge in [0.25, 0.3) is 0 Å². The van der Waals surface area contributed by atoms with Crippen LogP contribution in [0.5, 0.6) is 0 Å². The van der Waals surface area contributed by atoms with Crippen LogP contribution in [0, 0.1) is 0 Å². The molecule has 10 heteroatoms. The van der Waals surface area contributed by atoms with Crippen molar-refractivity contribution >= 4 is 18.9 Å². The van der Waals surface area contributed by atoms with E-state index in [2.05, 4.69) is 4.65 Å². The lowest BCUT2D eigenvalue weighted by molar-refractivity contribution is -0.117. The molecule has 0 spiro atoms. The standard InChI is InChI=1S/C12H13N3O2.C4H11BO4/c16-9-7-8(13-1-2-13)12(17)11(15-5-6-15)10(9)14-3-4-14;1-2-8-3-4-9-5(6)7/h7H,1-6H2;6-7H,2-4H2,1H3. The Labute approximate surface area is 152 Å². The van der Waals surface area contributed by atoms with E-state index in [-0.39, 0.29) is 18.2 Å². The van der Waals surface area contributed by atoms with Crippen molar-refractivity contribution in [3.8, 4) is 0 Å². The number of ether oxygens (including phenoxy) is 1. The van der Waals surface area contributed by atoms with Crippen molar-refractivity contribution in [3.05, 3.63) is 23.2 Å². The second kappa shape index (κ2) is 8.21. The van der Waals surface area contributed by atoms with E-state index < -0.39 is 7.32 Å². The Hall–Kier alpha value is -1.88. The van der Waals surface area contributed by atoms with Crippen molar-refractivity contribution in [2.45, 2.75) is 6.92 Å². The van der Waals surface area contributed by atoms with Gasteiger partial charge < -0.3 is 34.1 Å². The predicted octanol–water partition coefficient (Wildman–Crippen LogP) is -1.81. The van der Waals surface area contributed by atoms with Gasteiger partial charge in [-0.2, -0.15) is 0 Å². The highest BCUT2D eigenvalue weighted by molar-refractivity contribution is 6.32. The minimum Gasteiger partial charge on any atom is -0.402 e. The molecule has 3 heterocycles. The number of carbonyl (C=O) groups is 2. The van der Waals surface area contributed by atoms with Crippen LogP contribution in [0.25, 0.3) is 0 Å². The Bertz CT molecular complexity index is 623. The summed E-state index contributed by atoms with van der Waals surface area (Å²) in [5.74, 6) is 0.0485. The Balaban J connectivity index is 0.000000188. The summed E-state index contributed by atoms with van der Waals surface area (Å²) in [6, 6.07) is 0. The van der Waals surface area contributed by atoms with Crippen molar-refractivity contribution < 1.29 is 29.0 Å². The molecule has 0 unspecified atom stereocenters. The molecule has 3 aliphatic heterocycles. The molecule has 0 amide bonds. The third kappa shape index (κ3) is 4.85. The monoisotopic (exact) mass is 365 g/mol. The molecule has 142 valence electrons. The number of hydrogen-bond acceptors (Lipinski definition) is 9. The molecule has 26 heavy (non-hydrogen) atoms. The number of nitrogens with zero attached hydrogens (tertiary/aromatic N) is 3. The van der Waals surface area contributed by atoms with Gasteiger partial charge in [0.05, 0.1) is 18.9 Å². The van der Waals surface area contributed by atoms with Gasteiger partial charge >= 0.3 is 7.32 Å². The van der Waals surface area contributed by atoms with E-state index in [9.17, 15) is 9.59 Å². The van der Waals surface area contributed by atoms with Crippen molar-refractivity contribution in [3.63, 3.8) is 0 Å². The first kappa shape index (κ1) is 18.9. The molecule has 0 radical (unpaired) electrons. The fourth-order valence-corrected chi connectivity index (χ4v) is 2.63. The number of carbonyl (C=O) groups excluding carboxylic acids is 2. The maximum absolute atomic E-state index is 12.4. The van der Waals surface area contributed by atoms with Crippen LogP contribution >= 0.6 is 0 Å². The molecule has 4 rings (SSSR count). The fourth-order valence-electron chi connectivity index (χ4n) is 2.63. The topological polar surface area (TPSA) is 102 Å². The Morgan fingerprint density at radius 1 is 0.962 bits per heavy atom. The lowest BCUT2D eigenvalue weighted by Gasteiger charge is -2.21. The summed E-state index contributed by atoms with van der Waals surface area (Å²) in [4.78, 5) is 30.5. The first-order chi connectivity index (χ1) is 12.5.